The van der Waals surface area contributed by atoms with E-state index in [2.05, 4.69) is 13.8 Å². The van der Waals surface area contributed by atoms with Crippen molar-refractivity contribution in [3.8, 4) is 0 Å². The molecule has 0 aromatic heterocycles. The lowest BCUT2D eigenvalue weighted by molar-refractivity contribution is -0.177. The van der Waals surface area contributed by atoms with Gasteiger partial charge in [-0.1, -0.05) is 13.8 Å². The van der Waals surface area contributed by atoms with Gasteiger partial charge in [0.1, 0.15) is 0 Å². The second-order valence-corrected chi connectivity index (χ2v) is 9.52. The normalized spacial score (nSPS) is 62.3. The monoisotopic (exact) mass is 324 g/mol. The standard InChI is InChI=1S/C19H32O4/c1-18-5-3-11(20)7-10(18)8-14(21)16-12(18)4-6-19(2)13(16)9-15(22)17(19)23/h10-17,20-23H,3-9H2,1-2H3/t10-,11+,12?,13?,14+,15+,16?,17+,18+,19+/m1/s1. The minimum absolute atomic E-state index is 0.192. The van der Waals surface area contributed by atoms with Crippen molar-refractivity contribution >= 4 is 0 Å². The van der Waals surface area contributed by atoms with Crippen LogP contribution in [0.15, 0.2) is 0 Å². The van der Waals surface area contributed by atoms with Crippen molar-refractivity contribution in [1.29, 1.82) is 0 Å². The Morgan fingerprint density at radius 1 is 0.739 bits per heavy atom. The van der Waals surface area contributed by atoms with Gasteiger partial charge in [0.25, 0.3) is 0 Å². The molecule has 4 saturated carbocycles. The summed E-state index contributed by atoms with van der Waals surface area (Å²) in [6.45, 7) is 4.48. The van der Waals surface area contributed by atoms with E-state index < -0.39 is 12.2 Å². The van der Waals surface area contributed by atoms with Crippen molar-refractivity contribution in [2.24, 2.45) is 34.5 Å². The van der Waals surface area contributed by atoms with E-state index in [1.54, 1.807) is 0 Å². The van der Waals surface area contributed by atoms with Crippen LogP contribution < -0.4 is 0 Å². The predicted molar refractivity (Wildman–Crippen MR) is 86.5 cm³/mol. The molecule has 0 amide bonds. The Kier molecular flexibility index (Phi) is 3.67. The first kappa shape index (κ1) is 16.3. The van der Waals surface area contributed by atoms with E-state index >= 15 is 0 Å². The van der Waals surface area contributed by atoms with Crippen LogP contribution in [0.5, 0.6) is 0 Å². The van der Waals surface area contributed by atoms with Gasteiger partial charge in [-0.05, 0) is 79.4 Å². The average Bonchev–Trinajstić information content (AvgIpc) is 2.73. The molecule has 3 unspecified atom stereocenters. The summed E-state index contributed by atoms with van der Waals surface area (Å²) in [5.41, 5.74) is -0.0537. The number of aliphatic hydroxyl groups is 4. The largest absolute Gasteiger partial charge is 0.393 e. The molecule has 4 N–H and O–H groups in total. The first-order valence-electron chi connectivity index (χ1n) is 9.49. The fraction of sp³-hybridized carbons (Fsp3) is 1.00. The number of rotatable bonds is 0. The highest BCUT2D eigenvalue weighted by molar-refractivity contribution is 5.13. The molecule has 0 spiro atoms. The highest BCUT2D eigenvalue weighted by Crippen LogP contribution is 2.66. The maximum atomic E-state index is 10.9. The fourth-order valence-electron chi connectivity index (χ4n) is 7.19. The highest BCUT2D eigenvalue weighted by atomic mass is 16.3. The third-order valence-corrected chi connectivity index (χ3v) is 8.63. The second kappa shape index (κ2) is 5.17. The van der Waals surface area contributed by atoms with Gasteiger partial charge < -0.3 is 20.4 Å². The van der Waals surface area contributed by atoms with Crippen LogP contribution in [0.25, 0.3) is 0 Å². The van der Waals surface area contributed by atoms with Crippen LogP contribution in [-0.2, 0) is 0 Å². The quantitative estimate of drug-likeness (QED) is 0.547. The lowest BCUT2D eigenvalue weighted by atomic mass is 9.44. The molecule has 4 fully saturated rings. The number of fused-ring (bicyclic) bond motifs is 5. The number of hydrogen-bond acceptors (Lipinski definition) is 4. The van der Waals surface area contributed by atoms with Crippen LogP contribution in [0.1, 0.15) is 58.8 Å². The summed E-state index contributed by atoms with van der Waals surface area (Å²) in [6, 6.07) is 0. The van der Waals surface area contributed by atoms with Crippen LogP contribution in [0.3, 0.4) is 0 Å². The van der Waals surface area contributed by atoms with Crippen molar-refractivity contribution in [3.05, 3.63) is 0 Å². The van der Waals surface area contributed by atoms with Crippen LogP contribution in [0, 0.1) is 34.5 Å². The Balaban J connectivity index is 1.68. The second-order valence-electron chi connectivity index (χ2n) is 9.52. The molecule has 0 saturated heterocycles. The minimum atomic E-state index is -0.653. The van der Waals surface area contributed by atoms with Gasteiger partial charge in [0.2, 0.25) is 0 Å². The van der Waals surface area contributed by atoms with E-state index in [-0.39, 0.29) is 34.9 Å². The summed E-state index contributed by atoms with van der Waals surface area (Å²) in [5, 5.41) is 41.7. The first-order valence-corrected chi connectivity index (χ1v) is 9.49. The Hall–Kier alpha value is -0.160. The Labute approximate surface area is 138 Å². The molecule has 23 heavy (non-hydrogen) atoms. The molecular formula is C19H32O4. The molecule has 0 aromatic carbocycles. The minimum Gasteiger partial charge on any atom is -0.393 e. The molecular weight excluding hydrogens is 292 g/mol. The molecule has 4 aliphatic carbocycles. The molecule has 132 valence electrons. The lowest BCUT2D eigenvalue weighted by Gasteiger charge is -2.61. The summed E-state index contributed by atoms with van der Waals surface area (Å²) in [7, 11) is 0. The maximum absolute atomic E-state index is 10.9. The van der Waals surface area contributed by atoms with Crippen LogP contribution in [0.4, 0.5) is 0 Å². The molecule has 4 nitrogen and oxygen atoms in total. The first-order chi connectivity index (χ1) is 10.8. The van der Waals surface area contributed by atoms with Crippen molar-refractivity contribution in [2.75, 3.05) is 0 Å². The van der Waals surface area contributed by atoms with Crippen molar-refractivity contribution < 1.29 is 20.4 Å². The Morgan fingerprint density at radius 3 is 2.17 bits per heavy atom. The SMILES string of the molecule is C[C@]12CCC3C(C1C[C@H](O)[C@@H]2O)[C@@H](O)C[C@H]1C[C@@H](O)CC[C@]31C. The zero-order valence-electron chi connectivity index (χ0n) is 14.4. The van der Waals surface area contributed by atoms with Gasteiger partial charge in [0.15, 0.2) is 0 Å². The van der Waals surface area contributed by atoms with Gasteiger partial charge in [-0.15, -0.1) is 0 Å². The third-order valence-electron chi connectivity index (χ3n) is 8.63. The average molecular weight is 324 g/mol. The van der Waals surface area contributed by atoms with E-state index in [9.17, 15) is 20.4 Å². The molecule has 0 radical (unpaired) electrons. The number of aliphatic hydroxyl groups excluding tert-OH is 4. The summed E-state index contributed by atoms with van der Waals surface area (Å²) in [5.74, 6) is 1.27. The maximum Gasteiger partial charge on any atom is 0.0855 e. The van der Waals surface area contributed by atoms with Crippen molar-refractivity contribution in [1.82, 2.24) is 0 Å². The molecule has 0 heterocycles. The molecule has 4 aliphatic rings. The van der Waals surface area contributed by atoms with E-state index in [4.69, 9.17) is 0 Å². The zero-order chi connectivity index (χ0) is 16.6. The Morgan fingerprint density at radius 2 is 1.43 bits per heavy atom. The summed E-state index contributed by atoms with van der Waals surface area (Å²) in [6.07, 6.45) is 4.24. The van der Waals surface area contributed by atoms with Crippen LogP contribution in [0.2, 0.25) is 0 Å². The van der Waals surface area contributed by atoms with Gasteiger partial charge in [0.05, 0.1) is 24.4 Å². The van der Waals surface area contributed by atoms with E-state index in [0.717, 1.165) is 38.5 Å². The summed E-state index contributed by atoms with van der Waals surface area (Å²) in [4.78, 5) is 0. The Bertz CT molecular complexity index is 482. The summed E-state index contributed by atoms with van der Waals surface area (Å²) < 4.78 is 0. The van der Waals surface area contributed by atoms with Crippen LogP contribution in [-0.4, -0.2) is 44.8 Å². The molecule has 0 aromatic rings. The van der Waals surface area contributed by atoms with Crippen LogP contribution >= 0.6 is 0 Å². The molecule has 10 atom stereocenters. The highest BCUT2D eigenvalue weighted by Gasteiger charge is 2.64. The molecule has 4 heteroatoms. The predicted octanol–water partition coefficient (Wildman–Crippen LogP) is 1.69. The van der Waals surface area contributed by atoms with Gasteiger partial charge in [-0.25, -0.2) is 0 Å². The van der Waals surface area contributed by atoms with E-state index in [0.29, 0.717) is 18.3 Å². The smallest absolute Gasteiger partial charge is 0.0855 e. The molecule has 0 aliphatic heterocycles. The van der Waals surface area contributed by atoms with E-state index in [1.165, 1.54) is 0 Å². The molecule has 0 bridgehead atoms. The summed E-state index contributed by atoms with van der Waals surface area (Å²) >= 11 is 0. The fourth-order valence-corrected chi connectivity index (χ4v) is 7.19. The van der Waals surface area contributed by atoms with E-state index in [1.807, 2.05) is 0 Å². The number of hydrogen-bond donors (Lipinski definition) is 4. The lowest BCUT2D eigenvalue weighted by Crippen LogP contribution is -2.58. The van der Waals surface area contributed by atoms with Gasteiger partial charge in [0, 0.05) is 0 Å². The van der Waals surface area contributed by atoms with Crippen molar-refractivity contribution in [2.45, 2.75) is 83.2 Å². The topological polar surface area (TPSA) is 80.9 Å². The molecule has 4 rings (SSSR count). The third kappa shape index (κ3) is 2.11. The van der Waals surface area contributed by atoms with Gasteiger partial charge >= 0.3 is 0 Å². The van der Waals surface area contributed by atoms with Gasteiger partial charge in [-0.2, -0.15) is 0 Å². The van der Waals surface area contributed by atoms with Gasteiger partial charge in [-0.3, -0.25) is 0 Å². The zero-order valence-corrected chi connectivity index (χ0v) is 14.4. The van der Waals surface area contributed by atoms with Crippen molar-refractivity contribution in [3.63, 3.8) is 0 Å².